The molecule has 0 radical (unpaired) electrons. The van der Waals surface area contributed by atoms with Crippen LogP contribution in [-0.4, -0.2) is 22.5 Å². The number of hydrogen-bond donors (Lipinski definition) is 2. The van der Waals surface area contributed by atoms with E-state index in [2.05, 4.69) is 4.98 Å². The topological polar surface area (TPSA) is 101 Å². The summed E-state index contributed by atoms with van der Waals surface area (Å²) >= 11 is 0. The second-order valence-electron chi connectivity index (χ2n) is 5.88. The molecule has 0 aromatic carbocycles. The van der Waals surface area contributed by atoms with Gasteiger partial charge in [-0.15, -0.1) is 0 Å². The fourth-order valence-electron chi connectivity index (χ4n) is 2.14. The van der Waals surface area contributed by atoms with Crippen LogP contribution < -0.4 is 21.9 Å². The number of carbonyl (C=O) groups is 1. The van der Waals surface area contributed by atoms with Crippen LogP contribution in [0.25, 0.3) is 0 Å². The van der Waals surface area contributed by atoms with E-state index in [1.54, 1.807) is 0 Å². The molecule has 1 rings (SSSR count). The molecule has 7 heteroatoms. The van der Waals surface area contributed by atoms with Crippen molar-refractivity contribution in [2.24, 2.45) is 5.92 Å². The summed E-state index contributed by atoms with van der Waals surface area (Å²) in [5.41, 5.74) is 4.85. The number of H-pyrrole nitrogens is 1. The Kier molecular flexibility index (Phi) is 6.39. The van der Waals surface area contributed by atoms with E-state index in [0.29, 0.717) is 18.9 Å². The van der Waals surface area contributed by atoms with E-state index in [9.17, 15) is 14.4 Å². The average Bonchev–Trinajstić information content (AvgIpc) is 2.43. The number of nitrogens with one attached hydrogen (secondary N) is 1. The SMILES string of the molecule is CCCCn1c(N)c(N(C)C(=O)CCC(C)C)c(=O)[nH]c1=O. The summed E-state index contributed by atoms with van der Waals surface area (Å²) in [6.07, 6.45) is 2.72. The number of hydrogen-bond acceptors (Lipinski definition) is 4. The summed E-state index contributed by atoms with van der Waals surface area (Å²) in [6.45, 7) is 6.47. The summed E-state index contributed by atoms with van der Waals surface area (Å²) in [6, 6.07) is 0. The molecule has 0 bridgehead atoms. The molecular formula is C15H26N4O3. The highest BCUT2D eigenvalue weighted by Crippen LogP contribution is 2.17. The molecule has 1 heterocycles. The highest BCUT2D eigenvalue weighted by Gasteiger charge is 2.20. The van der Waals surface area contributed by atoms with Gasteiger partial charge in [0.05, 0.1) is 0 Å². The predicted molar refractivity (Wildman–Crippen MR) is 88.1 cm³/mol. The number of rotatable bonds is 7. The van der Waals surface area contributed by atoms with Gasteiger partial charge in [0.1, 0.15) is 5.82 Å². The Hall–Kier alpha value is -2.05. The molecule has 0 fully saturated rings. The van der Waals surface area contributed by atoms with E-state index in [1.807, 2.05) is 20.8 Å². The van der Waals surface area contributed by atoms with Gasteiger partial charge < -0.3 is 10.6 Å². The Balaban J connectivity index is 3.15. The van der Waals surface area contributed by atoms with Gasteiger partial charge in [0.25, 0.3) is 5.56 Å². The first-order chi connectivity index (χ1) is 10.3. The van der Waals surface area contributed by atoms with Crippen molar-refractivity contribution in [3.8, 4) is 0 Å². The summed E-state index contributed by atoms with van der Waals surface area (Å²) in [4.78, 5) is 39.6. The van der Waals surface area contributed by atoms with E-state index in [4.69, 9.17) is 5.73 Å². The van der Waals surface area contributed by atoms with E-state index in [-0.39, 0.29) is 17.4 Å². The lowest BCUT2D eigenvalue weighted by atomic mass is 10.1. The molecule has 3 N–H and O–H groups in total. The number of nitrogens with two attached hydrogens (primary N) is 1. The number of nitrogen functional groups attached to an aromatic ring is 1. The second kappa shape index (κ2) is 7.82. The van der Waals surface area contributed by atoms with E-state index >= 15 is 0 Å². The monoisotopic (exact) mass is 310 g/mol. The molecule has 22 heavy (non-hydrogen) atoms. The third-order valence-electron chi connectivity index (χ3n) is 3.59. The van der Waals surface area contributed by atoms with Crippen LogP contribution in [0.1, 0.15) is 46.5 Å². The zero-order valence-corrected chi connectivity index (χ0v) is 13.8. The molecular weight excluding hydrogens is 284 g/mol. The van der Waals surface area contributed by atoms with Gasteiger partial charge >= 0.3 is 5.69 Å². The zero-order valence-electron chi connectivity index (χ0n) is 13.8. The molecule has 0 unspecified atom stereocenters. The number of carbonyl (C=O) groups excluding carboxylic acids is 1. The van der Waals surface area contributed by atoms with Crippen molar-refractivity contribution < 1.29 is 4.79 Å². The van der Waals surface area contributed by atoms with Gasteiger partial charge in [-0.2, -0.15) is 0 Å². The van der Waals surface area contributed by atoms with E-state index in [0.717, 1.165) is 19.3 Å². The number of unbranched alkanes of at least 4 members (excludes halogenated alkanes) is 1. The van der Waals surface area contributed by atoms with Crippen molar-refractivity contribution >= 4 is 17.4 Å². The lowest BCUT2D eigenvalue weighted by Gasteiger charge is -2.20. The normalized spacial score (nSPS) is 11.0. The minimum absolute atomic E-state index is 0.0441. The maximum absolute atomic E-state index is 12.2. The lowest BCUT2D eigenvalue weighted by Crippen LogP contribution is -2.39. The van der Waals surface area contributed by atoms with Crippen molar-refractivity contribution in [1.29, 1.82) is 0 Å². The van der Waals surface area contributed by atoms with E-state index in [1.165, 1.54) is 16.5 Å². The van der Waals surface area contributed by atoms with Crippen molar-refractivity contribution in [2.75, 3.05) is 17.7 Å². The number of aromatic nitrogens is 2. The molecule has 1 aromatic rings. The number of amides is 1. The standard InChI is InChI=1S/C15H26N4O3/c1-5-6-9-19-13(16)12(14(21)17-15(19)22)18(4)11(20)8-7-10(2)3/h10H,5-9,16H2,1-4H3,(H,17,21,22). The fourth-order valence-corrected chi connectivity index (χ4v) is 2.14. The second-order valence-corrected chi connectivity index (χ2v) is 5.88. The van der Waals surface area contributed by atoms with Crippen LogP contribution in [0.15, 0.2) is 9.59 Å². The Labute approximate surface area is 130 Å². The average molecular weight is 310 g/mol. The van der Waals surface area contributed by atoms with Gasteiger partial charge in [0, 0.05) is 20.0 Å². The highest BCUT2D eigenvalue weighted by atomic mass is 16.2. The van der Waals surface area contributed by atoms with Gasteiger partial charge in [-0.1, -0.05) is 27.2 Å². The fraction of sp³-hybridized carbons (Fsp3) is 0.667. The minimum Gasteiger partial charge on any atom is -0.383 e. The third kappa shape index (κ3) is 4.22. The predicted octanol–water partition coefficient (Wildman–Crippen LogP) is 1.32. The summed E-state index contributed by atoms with van der Waals surface area (Å²) in [7, 11) is 1.51. The maximum Gasteiger partial charge on any atom is 0.330 e. The Morgan fingerprint density at radius 1 is 1.36 bits per heavy atom. The van der Waals surface area contributed by atoms with Crippen LogP contribution in [-0.2, 0) is 11.3 Å². The summed E-state index contributed by atoms with van der Waals surface area (Å²) in [5.74, 6) is 0.251. The number of aromatic amines is 1. The molecule has 1 amide bonds. The largest absolute Gasteiger partial charge is 0.383 e. The molecule has 0 saturated heterocycles. The Morgan fingerprint density at radius 2 is 2.00 bits per heavy atom. The first-order valence-electron chi connectivity index (χ1n) is 7.68. The summed E-state index contributed by atoms with van der Waals surface area (Å²) < 4.78 is 1.31. The molecule has 1 aromatic heterocycles. The molecule has 7 nitrogen and oxygen atoms in total. The third-order valence-corrected chi connectivity index (χ3v) is 3.59. The summed E-state index contributed by atoms with van der Waals surface area (Å²) in [5, 5.41) is 0. The van der Waals surface area contributed by atoms with Crippen LogP contribution in [0.5, 0.6) is 0 Å². The van der Waals surface area contributed by atoms with Crippen molar-refractivity contribution in [2.45, 2.75) is 53.0 Å². The smallest absolute Gasteiger partial charge is 0.330 e. The maximum atomic E-state index is 12.2. The van der Waals surface area contributed by atoms with Gasteiger partial charge in [-0.05, 0) is 18.8 Å². The zero-order chi connectivity index (χ0) is 16.9. The molecule has 0 spiro atoms. The number of anilines is 2. The molecule has 0 atom stereocenters. The number of nitrogens with zero attached hydrogens (tertiary/aromatic N) is 2. The first-order valence-corrected chi connectivity index (χ1v) is 7.68. The van der Waals surface area contributed by atoms with Crippen LogP contribution >= 0.6 is 0 Å². The highest BCUT2D eigenvalue weighted by molar-refractivity contribution is 5.94. The van der Waals surface area contributed by atoms with Crippen molar-refractivity contribution in [1.82, 2.24) is 9.55 Å². The molecule has 0 aliphatic heterocycles. The molecule has 124 valence electrons. The quantitative estimate of drug-likeness (QED) is 0.793. The van der Waals surface area contributed by atoms with Gasteiger partial charge in [-0.3, -0.25) is 19.1 Å². The van der Waals surface area contributed by atoms with Crippen LogP contribution in [0.2, 0.25) is 0 Å². The Morgan fingerprint density at radius 3 is 2.55 bits per heavy atom. The van der Waals surface area contributed by atoms with E-state index < -0.39 is 11.2 Å². The van der Waals surface area contributed by atoms with Gasteiger partial charge in [-0.25, -0.2) is 4.79 Å². The molecule has 0 aliphatic carbocycles. The van der Waals surface area contributed by atoms with Crippen molar-refractivity contribution in [3.63, 3.8) is 0 Å². The first kappa shape index (κ1) is 18.0. The lowest BCUT2D eigenvalue weighted by molar-refractivity contribution is -0.118. The van der Waals surface area contributed by atoms with Gasteiger partial charge in [0.2, 0.25) is 5.91 Å². The van der Waals surface area contributed by atoms with Crippen LogP contribution in [0.3, 0.4) is 0 Å². The van der Waals surface area contributed by atoms with Crippen LogP contribution in [0.4, 0.5) is 11.5 Å². The van der Waals surface area contributed by atoms with Crippen molar-refractivity contribution in [3.05, 3.63) is 20.8 Å². The molecule has 0 aliphatic rings. The molecule has 0 saturated carbocycles. The Bertz CT molecular complexity index is 631. The van der Waals surface area contributed by atoms with Gasteiger partial charge in [0.15, 0.2) is 5.69 Å². The minimum atomic E-state index is -0.629. The van der Waals surface area contributed by atoms with Crippen LogP contribution in [0, 0.1) is 5.92 Å².